The molecule has 10 nitrogen and oxygen atoms in total. The second-order valence-corrected chi connectivity index (χ2v) is 11.0. The zero-order valence-electron chi connectivity index (χ0n) is 20.6. The second kappa shape index (κ2) is 9.58. The van der Waals surface area contributed by atoms with Gasteiger partial charge >= 0.3 is 0 Å². The van der Waals surface area contributed by atoms with E-state index in [2.05, 4.69) is 20.1 Å². The van der Waals surface area contributed by atoms with E-state index in [0.717, 1.165) is 6.26 Å². The first-order chi connectivity index (χ1) is 18.0. The number of pyridine rings is 1. The molecular formula is C26H23ClN6O4S. The quantitative estimate of drug-likeness (QED) is 0.330. The normalized spacial score (nSPS) is 12.5. The van der Waals surface area contributed by atoms with E-state index in [0.29, 0.717) is 39.1 Å². The highest BCUT2D eigenvalue weighted by Gasteiger charge is 2.23. The van der Waals surface area contributed by atoms with Gasteiger partial charge in [0, 0.05) is 18.1 Å². The molecule has 0 bridgehead atoms. The van der Waals surface area contributed by atoms with E-state index in [9.17, 15) is 18.0 Å². The Morgan fingerprint density at radius 3 is 2.63 bits per heavy atom. The van der Waals surface area contributed by atoms with Gasteiger partial charge in [-0.05, 0) is 55.6 Å². The molecule has 3 aromatic heterocycles. The molecule has 2 aromatic carbocycles. The Morgan fingerprint density at radius 2 is 1.87 bits per heavy atom. The van der Waals surface area contributed by atoms with Crippen molar-refractivity contribution in [3.8, 4) is 5.69 Å². The minimum Gasteiger partial charge on any atom is -0.344 e. The molecule has 0 aliphatic rings. The van der Waals surface area contributed by atoms with Crippen LogP contribution in [0.2, 0.25) is 5.02 Å². The second-order valence-electron chi connectivity index (χ2n) is 8.88. The van der Waals surface area contributed by atoms with E-state index in [1.54, 1.807) is 80.8 Å². The van der Waals surface area contributed by atoms with E-state index in [-0.39, 0.29) is 10.7 Å². The molecule has 2 N–H and O–H groups in total. The molecule has 0 unspecified atom stereocenters. The SMILES string of the molecule is Cc1nn2cccnc2c1C(=O)N[C@@H](C)c1cc2cccc(Cl)c2c(=O)n1-c1cccc(NS(C)(=O)=O)c1. The van der Waals surface area contributed by atoms with Gasteiger partial charge < -0.3 is 5.32 Å². The average molecular weight is 551 g/mol. The van der Waals surface area contributed by atoms with E-state index in [1.165, 1.54) is 9.08 Å². The largest absolute Gasteiger partial charge is 0.344 e. The summed E-state index contributed by atoms with van der Waals surface area (Å²) in [5.41, 5.74) is 2.00. The Bertz CT molecular complexity index is 1900. The zero-order chi connectivity index (χ0) is 27.2. The van der Waals surface area contributed by atoms with Gasteiger partial charge in [0.2, 0.25) is 10.0 Å². The molecule has 0 aliphatic heterocycles. The lowest BCUT2D eigenvalue weighted by molar-refractivity contribution is 0.0939. The van der Waals surface area contributed by atoms with Crippen molar-refractivity contribution in [2.45, 2.75) is 19.9 Å². The summed E-state index contributed by atoms with van der Waals surface area (Å²) in [5, 5.41) is 8.51. The van der Waals surface area contributed by atoms with Gasteiger partial charge in [0.15, 0.2) is 5.65 Å². The van der Waals surface area contributed by atoms with Crippen LogP contribution in [0.5, 0.6) is 0 Å². The minimum atomic E-state index is -3.55. The third kappa shape index (κ3) is 4.73. The van der Waals surface area contributed by atoms with Crippen molar-refractivity contribution in [1.29, 1.82) is 0 Å². The van der Waals surface area contributed by atoms with Crippen molar-refractivity contribution >= 4 is 49.6 Å². The lowest BCUT2D eigenvalue weighted by atomic mass is 10.1. The molecule has 0 radical (unpaired) electrons. The minimum absolute atomic E-state index is 0.281. The Labute approximate surface area is 222 Å². The van der Waals surface area contributed by atoms with Gasteiger partial charge in [-0.15, -0.1) is 0 Å². The number of aryl methyl sites for hydroxylation is 1. The Morgan fingerprint density at radius 1 is 1.11 bits per heavy atom. The number of carbonyl (C=O) groups is 1. The maximum atomic E-state index is 13.8. The molecule has 12 heteroatoms. The molecule has 1 amide bonds. The molecular weight excluding hydrogens is 528 g/mol. The lowest BCUT2D eigenvalue weighted by Crippen LogP contribution is -2.32. The molecule has 0 saturated carbocycles. The van der Waals surface area contributed by atoms with Crippen LogP contribution in [-0.2, 0) is 10.0 Å². The van der Waals surface area contributed by atoms with Crippen molar-refractivity contribution in [3.05, 3.63) is 99.3 Å². The standard InChI is InChI=1S/C26H23ClN6O4S/c1-15(29-25(34)22-16(2)30-32-12-6-11-28-24(22)32)21-13-17-7-4-10-20(27)23(17)26(35)33(21)19-9-5-8-18(14-19)31-38(3,36)37/h4-15,31H,1-3H3,(H,29,34)/t15-/m0/s1. The van der Waals surface area contributed by atoms with Crippen molar-refractivity contribution in [2.24, 2.45) is 0 Å². The number of nitrogens with one attached hydrogen (secondary N) is 2. The van der Waals surface area contributed by atoms with Crippen LogP contribution in [0.15, 0.2) is 71.8 Å². The van der Waals surface area contributed by atoms with Crippen LogP contribution in [0.25, 0.3) is 22.1 Å². The number of rotatable bonds is 6. The predicted molar refractivity (Wildman–Crippen MR) is 147 cm³/mol. The van der Waals surface area contributed by atoms with Crippen molar-refractivity contribution in [2.75, 3.05) is 11.0 Å². The number of halogens is 1. The number of nitrogens with zero attached hydrogens (tertiary/aromatic N) is 4. The Hall–Kier alpha value is -4.22. The van der Waals surface area contributed by atoms with Crippen LogP contribution in [-0.4, -0.2) is 39.7 Å². The van der Waals surface area contributed by atoms with Gasteiger partial charge in [-0.2, -0.15) is 5.10 Å². The van der Waals surface area contributed by atoms with E-state index in [4.69, 9.17) is 11.6 Å². The summed E-state index contributed by atoms with van der Waals surface area (Å²) in [4.78, 5) is 31.5. The molecule has 0 spiro atoms. The molecule has 0 aliphatic carbocycles. The number of anilines is 1. The van der Waals surface area contributed by atoms with Crippen LogP contribution in [0.4, 0.5) is 5.69 Å². The van der Waals surface area contributed by atoms with E-state index >= 15 is 0 Å². The van der Waals surface area contributed by atoms with Crippen LogP contribution < -0.4 is 15.6 Å². The Kier molecular flexibility index (Phi) is 6.41. The molecule has 3 heterocycles. The fraction of sp³-hybridized carbons (Fsp3) is 0.154. The summed E-state index contributed by atoms with van der Waals surface area (Å²) in [5.74, 6) is -0.401. The van der Waals surface area contributed by atoms with Crippen LogP contribution in [0.3, 0.4) is 0 Å². The lowest BCUT2D eigenvalue weighted by Gasteiger charge is -2.21. The van der Waals surface area contributed by atoms with Crippen molar-refractivity contribution < 1.29 is 13.2 Å². The van der Waals surface area contributed by atoms with Gasteiger partial charge in [0.1, 0.15) is 5.56 Å². The summed E-state index contributed by atoms with van der Waals surface area (Å²) in [6, 6.07) is 14.4. The highest BCUT2D eigenvalue weighted by Crippen LogP contribution is 2.27. The summed E-state index contributed by atoms with van der Waals surface area (Å²) in [6.45, 7) is 3.48. The van der Waals surface area contributed by atoms with Gasteiger partial charge in [-0.25, -0.2) is 17.9 Å². The number of amides is 1. The molecule has 5 rings (SSSR count). The van der Waals surface area contributed by atoms with Crippen LogP contribution >= 0.6 is 11.6 Å². The highest BCUT2D eigenvalue weighted by atomic mass is 35.5. The maximum Gasteiger partial charge on any atom is 0.264 e. The summed E-state index contributed by atoms with van der Waals surface area (Å²) >= 11 is 6.41. The molecule has 1 atom stereocenters. The molecule has 5 aromatic rings. The van der Waals surface area contributed by atoms with E-state index < -0.39 is 27.5 Å². The number of carbonyl (C=O) groups excluding carboxylic acids is 1. The summed E-state index contributed by atoms with van der Waals surface area (Å²) < 4.78 is 29.0. The molecule has 194 valence electrons. The van der Waals surface area contributed by atoms with Crippen LogP contribution in [0.1, 0.15) is 34.7 Å². The smallest absolute Gasteiger partial charge is 0.264 e. The van der Waals surface area contributed by atoms with E-state index in [1.807, 2.05) is 0 Å². The van der Waals surface area contributed by atoms with Crippen molar-refractivity contribution in [3.63, 3.8) is 0 Å². The molecule has 0 fully saturated rings. The van der Waals surface area contributed by atoms with Crippen LogP contribution in [0, 0.1) is 6.92 Å². The number of hydrogen-bond donors (Lipinski definition) is 2. The first-order valence-corrected chi connectivity index (χ1v) is 13.8. The number of sulfonamides is 1. The fourth-order valence-corrected chi connectivity index (χ4v) is 5.27. The van der Waals surface area contributed by atoms with Crippen molar-refractivity contribution in [1.82, 2.24) is 24.5 Å². The first-order valence-electron chi connectivity index (χ1n) is 11.6. The van der Waals surface area contributed by atoms with Gasteiger partial charge in [0.25, 0.3) is 11.5 Å². The number of hydrogen-bond acceptors (Lipinski definition) is 6. The van der Waals surface area contributed by atoms with Gasteiger partial charge in [-0.1, -0.05) is 29.8 Å². The predicted octanol–water partition coefficient (Wildman–Crippen LogP) is 3.86. The van der Waals surface area contributed by atoms with Gasteiger partial charge in [-0.3, -0.25) is 18.9 Å². The number of benzene rings is 2. The fourth-order valence-electron chi connectivity index (χ4n) is 4.45. The van der Waals surface area contributed by atoms with Gasteiger partial charge in [0.05, 0.1) is 39.8 Å². The summed E-state index contributed by atoms with van der Waals surface area (Å²) in [7, 11) is -3.55. The highest BCUT2D eigenvalue weighted by molar-refractivity contribution is 7.92. The molecule has 0 saturated heterocycles. The first kappa shape index (κ1) is 25.4. The number of fused-ring (bicyclic) bond motifs is 2. The third-order valence-corrected chi connectivity index (χ3v) is 6.94. The third-order valence-electron chi connectivity index (χ3n) is 6.02. The topological polar surface area (TPSA) is 127 Å². The number of aromatic nitrogens is 4. The monoisotopic (exact) mass is 550 g/mol. The Balaban J connectivity index is 1.65. The maximum absolute atomic E-state index is 13.8. The molecule has 38 heavy (non-hydrogen) atoms. The summed E-state index contributed by atoms with van der Waals surface area (Å²) in [6.07, 6.45) is 4.33. The zero-order valence-corrected chi connectivity index (χ0v) is 22.2. The average Bonchev–Trinajstić information content (AvgIpc) is 3.18.